The Morgan fingerprint density at radius 1 is 1.32 bits per heavy atom. The molecule has 1 atom stereocenters. The molecule has 1 unspecified atom stereocenters. The van der Waals surface area contributed by atoms with Crippen molar-refractivity contribution in [2.24, 2.45) is 5.73 Å². The fraction of sp³-hybridized carbons (Fsp3) is 0.818. The predicted molar refractivity (Wildman–Crippen MR) is 64.2 cm³/mol. The van der Waals surface area contributed by atoms with Crippen LogP contribution >= 0.6 is 0 Å². The third-order valence-electron chi connectivity index (χ3n) is 2.47. The number of hydrogen-bond donors (Lipinski definition) is 2. The zero-order valence-corrected chi connectivity index (χ0v) is 11.3. The highest BCUT2D eigenvalue weighted by atomic mass is 19.4. The lowest BCUT2D eigenvalue weighted by molar-refractivity contribution is -0.143. The Hall–Kier alpha value is -1.31. The molecule has 3 N–H and O–H groups in total. The zero-order valence-electron chi connectivity index (χ0n) is 11.3. The van der Waals surface area contributed by atoms with Crippen molar-refractivity contribution in [3.63, 3.8) is 0 Å². The molecule has 0 aromatic rings. The van der Waals surface area contributed by atoms with Crippen LogP contribution in [-0.4, -0.2) is 48.6 Å². The standard InChI is InChI=1S/C11H20F3N3O2/c1-4-5-10(2,15)9(19)17(3)6-8(18)16-7-11(12,13)14/h4-7,15H2,1-3H3,(H,16,18). The van der Waals surface area contributed by atoms with Crippen molar-refractivity contribution in [1.82, 2.24) is 10.2 Å². The van der Waals surface area contributed by atoms with Crippen LogP contribution in [0.3, 0.4) is 0 Å². The minimum absolute atomic E-state index is 0.431. The number of nitrogens with one attached hydrogen (secondary N) is 1. The lowest BCUT2D eigenvalue weighted by Gasteiger charge is -2.28. The summed E-state index contributed by atoms with van der Waals surface area (Å²) in [5.41, 5.74) is 4.67. The van der Waals surface area contributed by atoms with Crippen LogP contribution < -0.4 is 11.1 Å². The van der Waals surface area contributed by atoms with Gasteiger partial charge in [0.15, 0.2) is 0 Å². The Bertz CT molecular complexity index is 330. The van der Waals surface area contributed by atoms with E-state index in [9.17, 15) is 22.8 Å². The summed E-state index contributed by atoms with van der Waals surface area (Å²) in [4.78, 5) is 24.2. The number of amides is 2. The maximum atomic E-state index is 11.9. The molecular formula is C11H20F3N3O2. The van der Waals surface area contributed by atoms with Gasteiger partial charge < -0.3 is 16.0 Å². The van der Waals surface area contributed by atoms with E-state index in [0.29, 0.717) is 12.8 Å². The molecule has 0 radical (unpaired) electrons. The Morgan fingerprint density at radius 3 is 2.26 bits per heavy atom. The van der Waals surface area contributed by atoms with Crippen molar-refractivity contribution in [3.8, 4) is 0 Å². The monoisotopic (exact) mass is 283 g/mol. The van der Waals surface area contributed by atoms with Gasteiger partial charge in [0.05, 0.1) is 12.1 Å². The van der Waals surface area contributed by atoms with Crippen molar-refractivity contribution in [2.45, 2.75) is 38.4 Å². The molecule has 0 bridgehead atoms. The summed E-state index contributed by atoms with van der Waals surface area (Å²) in [6, 6.07) is 0. The van der Waals surface area contributed by atoms with Gasteiger partial charge in [0.25, 0.3) is 0 Å². The third-order valence-corrected chi connectivity index (χ3v) is 2.47. The van der Waals surface area contributed by atoms with E-state index in [2.05, 4.69) is 0 Å². The first-order valence-corrected chi connectivity index (χ1v) is 5.87. The minimum Gasteiger partial charge on any atom is -0.345 e. The van der Waals surface area contributed by atoms with Crippen LogP contribution in [0.2, 0.25) is 0 Å². The first-order chi connectivity index (χ1) is 8.49. The quantitative estimate of drug-likeness (QED) is 0.751. The van der Waals surface area contributed by atoms with Crippen LogP contribution in [0.25, 0.3) is 0 Å². The number of carbonyl (C=O) groups is 2. The van der Waals surface area contributed by atoms with Crippen LogP contribution in [0.15, 0.2) is 0 Å². The first kappa shape index (κ1) is 17.7. The van der Waals surface area contributed by atoms with Crippen LogP contribution in [0.1, 0.15) is 26.7 Å². The molecule has 19 heavy (non-hydrogen) atoms. The van der Waals surface area contributed by atoms with Gasteiger partial charge in [0.1, 0.15) is 6.54 Å². The van der Waals surface area contributed by atoms with E-state index in [1.807, 2.05) is 6.92 Å². The van der Waals surface area contributed by atoms with E-state index >= 15 is 0 Å². The smallest absolute Gasteiger partial charge is 0.345 e. The van der Waals surface area contributed by atoms with Gasteiger partial charge in [0.2, 0.25) is 11.8 Å². The number of nitrogens with two attached hydrogens (primary N) is 1. The van der Waals surface area contributed by atoms with Crippen LogP contribution in [0.4, 0.5) is 13.2 Å². The molecule has 5 nitrogen and oxygen atoms in total. The molecule has 0 saturated carbocycles. The van der Waals surface area contributed by atoms with Gasteiger partial charge in [-0.25, -0.2) is 0 Å². The number of alkyl halides is 3. The van der Waals surface area contributed by atoms with Crippen molar-refractivity contribution in [1.29, 1.82) is 0 Å². The SMILES string of the molecule is CCCC(C)(N)C(=O)N(C)CC(=O)NCC(F)(F)F. The third kappa shape index (κ3) is 7.00. The molecule has 0 aliphatic carbocycles. The fourth-order valence-electron chi connectivity index (χ4n) is 1.60. The maximum Gasteiger partial charge on any atom is 0.405 e. The molecule has 0 aromatic carbocycles. The van der Waals surface area contributed by atoms with Gasteiger partial charge in [0, 0.05) is 7.05 Å². The van der Waals surface area contributed by atoms with Crippen LogP contribution in [0.5, 0.6) is 0 Å². The molecule has 0 heterocycles. The summed E-state index contributed by atoms with van der Waals surface area (Å²) in [7, 11) is 1.33. The predicted octanol–water partition coefficient (Wildman–Crippen LogP) is 0.641. The summed E-state index contributed by atoms with van der Waals surface area (Å²) in [5.74, 6) is -1.35. The average molecular weight is 283 g/mol. The molecule has 0 saturated heterocycles. The zero-order chi connectivity index (χ0) is 15.3. The molecule has 8 heteroatoms. The van der Waals surface area contributed by atoms with Gasteiger partial charge in [-0.2, -0.15) is 13.2 Å². The molecule has 0 aliphatic rings. The van der Waals surface area contributed by atoms with Gasteiger partial charge in [-0.15, -0.1) is 0 Å². The highest BCUT2D eigenvalue weighted by Gasteiger charge is 2.32. The molecule has 0 rings (SSSR count). The Labute approximate surface area is 110 Å². The number of hydrogen-bond acceptors (Lipinski definition) is 3. The summed E-state index contributed by atoms with van der Waals surface area (Å²) >= 11 is 0. The van der Waals surface area contributed by atoms with Crippen molar-refractivity contribution >= 4 is 11.8 Å². The summed E-state index contributed by atoms with van der Waals surface area (Å²) in [6.45, 7) is 1.52. The van der Waals surface area contributed by atoms with E-state index in [1.54, 1.807) is 5.32 Å². The number of rotatable bonds is 6. The number of likely N-dealkylation sites (N-methyl/N-ethyl adjacent to an activating group) is 1. The summed E-state index contributed by atoms with van der Waals surface area (Å²) in [6.07, 6.45) is -3.35. The first-order valence-electron chi connectivity index (χ1n) is 5.87. The molecule has 0 fully saturated rings. The van der Waals surface area contributed by atoms with Gasteiger partial charge in [-0.05, 0) is 13.3 Å². The largest absolute Gasteiger partial charge is 0.405 e. The van der Waals surface area contributed by atoms with Crippen molar-refractivity contribution in [2.75, 3.05) is 20.1 Å². The lowest BCUT2D eigenvalue weighted by Crippen LogP contribution is -2.54. The van der Waals surface area contributed by atoms with E-state index in [-0.39, 0.29) is 0 Å². The van der Waals surface area contributed by atoms with E-state index in [1.165, 1.54) is 14.0 Å². The second-order valence-electron chi connectivity index (χ2n) is 4.72. The fourth-order valence-corrected chi connectivity index (χ4v) is 1.60. The van der Waals surface area contributed by atoms with Crippen LogP contribution in [0, 0.1) is 0 Å². The normalized spacial score (nSPS) is 14.7. The molecule has 2 amide bonds. The lowest BCUT2D eigenvalue weighted by atomic mass is 9.96. The highest BCUT2D eigenvalue weighted by molar-refractivity contribution is 5.89. The summed E-state index contributed by atoms with van der Waals surface area (Å²) in [5, 5.41) is 1.69. The number of carbonyl (C=O) groups excluding carboxylic acids is 2. The van der Waals surface area contributed by atoms with E-state index in [4.69, 9.17) is 5.73 Å². The molecular weight excluding hydrogens is 263 g/mol. The molecule has 112 valence electrons. The Morgan fingerprint density at radius 2 is 1.84 bits per heavy atom. The van der Waals surface area contributed by atoms with Gasteiger partial charge in [-0.3, -0.25) is 9.59 Å². The molecule has 0 aromatic heterocycles. The second-order valence-corrected chi connectivity index (χ2v) is 4.72. The van der Waals surface area contributed by atoms with Gasteiger partial charge >= 0.3 is 6.18 Å². The molecule has 0 spiro atoms. The van der Waals surface area contributed by atoms with Crippen molar-refractivity contribution < 1.29 is 22.8 Å². The second kappa shape index (κ2) is 6.74. The van der Waals surface area contributed by atoms with Gasteiger partial charge in [-0.1, -0.05) is 13.3 Å². The average Bonchev–Trinajstić information content (AvgIpc) is 2.24. The number of halogens is 3. The minimum atomic E-state index is -4.47. The van der Waals surface area contributed by atoms with Crippen LogP contribution in [-0.2, 0) is 9.59 Å². The Balaban J connectivity index is 4.33. The highest BCUT2D eigenvalue weighted by Crippen LogP contribution is 2.13. The summed E-state index contributed by atoms with van der Waals surface area (Å²) < 4.78 is 35.7. The van der Waals surface area contributed by atoms with E-state index < -0.39 is 36.6 Å². The van der Waals surface area contributed by atoms with Crippen molar-refractivity contribution in [3.05, 3.63) is 0 Å². The topological polar surface area (TPSA) is 75.4 Å². The Kier molecular flexibility index (Phi) is 6.28. The number of nitrogens with zero attached hydrogens (tertiary/aromatic N) is 1. The van der Waals surface area contributed by atoms with E-state index in [0.717, 1.165) is 4.90 Å². The molecule has 0 aliphatic heterocycles. The maximum absolute atomic E-state index is 11.9.